The van der Waals surface area contributed by atoms with E-state index < -0.39 is 11.4 Å². The fraction of sp³-hybridized carbons (Fsp3) is 0.143. The summed E-state index contributed by atoms with van der Waals surface area (Å²) in [5.41, 5.74) is 12.4. The Bertz CT molecular complexity index is 2010. The van der Waals surface area contributed by atoms with Crippen molar-refractivity contribution >= 4 is 22.8 Å². The summed E-state index contributed by atoms with van der Waals surface area (Å²) in [4.78, 5) is 35.2. The van der Waals surface area contributed by atoms with E-state index >= 15 is 0 Å². The number of nitrogens with zero attached hydrogens (tertiary/aromatic N) is 2. The number of fused-ring (bicyclic) bond motifs is 2. The minimum absolute atomic E-state index is 0.208. The Hall–Kier alpha value is -5.37. The van der Waals surface area contributed by atoms with E-state index in [-0.39, 0.29) is 11.7 Å². The molecule has 0 spiro atoms. The molecule has 43 heavy (non-hydrogen) atoms. The topological polar surface area (TPSA) is 111 Å². The lowest BCUT2D eigenvalue weighted by atomic mass is 10.0. The van der Waals surface area contributed by atoms with Crippen LogP contribution in [0.5, 0.6) is 0 Å². The highest BCUT2D eigenvalue weighted by Crippen LogP contribution is 2.45. The van der Waals surface area contributed by atoms with Crippen LogP contribution in [-0.2, 0) is 12.0 Å². The lowest BCUT2D eigenvalue weighted by Gasteiger charge is -2.18. The predicted molar refractivity (Wildman–Crippen MR) is 161 cm³/mol. The van der Waals surface area contributed by atoms with Gasteiger partial charge in [0.1, 0.15) is 17.3 Å². The van der Waals surface area contributed by atoms with Crippen molar-refractivity contribution in [2.24, 2.45) is 5.73 Å². The number of aromatic nitrogens is 2. The average Bonchev–Trinajstić information content (AvgIpc) is 3.70. The molecule has 1 fully saturated rings. The van der Waals surface area contributed by atoms with Crippen LogP contribution in [0.1, 0.15) is 55.9 Å². The van der Waals surface area contributed by atoms with E-state index in [1.54, 1.807) is 30.5 Å². The number of nitrogens with one attached hydrogen (secondary N) is 1. The number of carbonyl (C=O) groups excluding carboxylic acids is 2. The molecule has 7 rings (SSSR count). The molecule has 3 heterocycles. The Balaban J connectivity index is 1.20. The molecule has 8 heteroatoms. The van der Waals surface area contributed by atoms with Gasteiger partial charge in [-0.25, -0.2) is 9.37 Å². The van der Waals surface area contributed by atoms with Crippen LogP contribution >= 0.6 is 0 Å². The number of carbonyl (C=O) groups is 2. The summed E-state index contributed by atoms with van der Waals surface area (Å²) >= 11 is 0. The Morgan fingerprint density at radius 2 is 1.79 bits per heavy atom. The van der Waals surface area contributed by atoms with E-state index in [0.29, 0.717) is 34.6 Å². The van der Waals surface area contributed by atoms with Crippen LogP contribution in [-0.4, -0.2) is 21.8 Å². The number of hydrogen-bond acceptors (Lipinski definition) is 5. The molecule has 7 nitrogen and oxygen atoms in total. The van der Waals surface area contributed by atoms with Crippen LogP contribution in [0.4, 0.5) is 4.39 Å². The zero-order chi connectivity index (χ0) is 29.7. The molecule has 3 N–H and O–H groups in total. The summed E-state index contributed by atoms with van der Waals surface area (Å²) in [7, 11) is 0. The Kier molecular flexibility index (Phi) is 6.27. The first-order valence-electron chi connectivity index (χ1n) is 14.1. The van der Waals surface area contributed by atoms with E-state index in [2.05, 4.69) is 10.3 Å². The number of aryl methyl sites for hydroxylation is 1. The lowest BCUT2D eigenvalue weighted by molar-refractivity contribution is 0.0929. The molecular weight excluding hydrogens is 543 g/mol. The average molecular weight is 571 g/mol. The third-order valence-corrected chi connectivity index (χ3v) is 8.14. The van der Waals surface area contributed by atoms with Gasteiger partial charge in [-0.1, -0.05) is 18.2 Å². The maximum atomic E-state index is 13.5. The molecule has 4 aromatic rings. The molecule has 0 saturated heterocycles. The highest BCUT2D eigenvalue weighted by Gasteiger charge is 2.47. The zero-order valence-corrected chi connectivity index (χ0v) is 23.4. The Labute approximate surface area is 246 Å². The Morgan fingerprint density at radius 3 is 2.56 bits per heavy atom. The van der Waals surface area contributed by atoms with E-state index in [9.17, 15) is 14.0 Å². The second-order valence-corrected chi connectivity index (χ2v) is 11.1. The summed E-state index contributed by atoms with van der Waals surface area (Å²) in [6.07, 6.45) is 3.73. The van der Waals surface area contributed by atoms with E-state index in [1.807, 2.05) is 55.5 Å². The molecule has 2 amide bonds. The first-order chi connectivity index (χ1) is 20.8. The fourth-order valence-corrected chi connectivity index (χ4v) is 5.65. The van der Waals surface area contributed by atoms with Gasteiger partial charge in [-0.3, -0.25) is 14.6 Å². The van der Waals surface area contributed by atoms with Gasteiger partial charge in [0.25, 0.3) is 11.8 Å². The number of halogens is 1. The predicted octanol–water partition coefficient (Wildman–Crippen LogP) is 6.55. The molecule has 2 aromatic carbocycles. The first kappa shape index (κ1) is 26.5. The smallest absolute Gasteiger partial charge is 0.252 e. The molecule has 2 aromatic heterocycles. The van der Waals surface area contributed by atoms with Crippen molar-refractivity contribution in [1.82, 2.24) is 15.3 Å². The van der Waals surface area contributed by atoms with Gasteiger partial charge in [0, 0.05) is 22.9 Å². The quantitative estimate of drug-likeness (QED) is 0.226. The largest absolute Gasteiger partial charge is 0.455 e. The number of amides is 2. The molecule has 0 unspecified atom stereocenters. The number of primary amides is 1. The van der Waals surface area contributed by atoms with Crippen molar-refractivity contribution in [3.8, 4) is 22.6 Å². The molecule has 0 bridgehead atoms. The standard InChI is InChI=1S/C35H27FN4O3/c1-20-4-7-23(34(42)40-35(14-15-35)30-13-11-27-28(39-30)3-2-16-38-27)19-26(20)29-12-8-22-18-24(31(33(37)41)32(22)43-29)17-21-5-9-25(36)10-6-21/h2-13,16,18-19H,14-15,17H2,1H3,(H2,37,41)(H,40,42). The fourth-order valence-electron chi connectivity index (χ4n) is 5.65. The highest BCUT2D eigenvalue weighted by molar-refractivity contribution is 6.02. The van der Waals surface area contributed by atoms with Crippen LogP contribution in [0.2, 0.25) is 0 Å². The SMILES string of the molecule is Cc1ccc(C(=O)NC2(c3ccc4ncccc4n3)CC2)cc1-c1ccc2cc(Cc3ccc(F)cc3)c(C(N)=O)c-2o1. The summed E-state index contributed by atoms with van der Waals surface area (Å²) in [5, 5.41) is 3.21. The summed E-state index contributed by atoms with van der Waals surface area (Å²) in [6, 6.07) is 24.8. The minimum Gasteiger partial charge on any atom is -0.455 e. The molecule has 212 valence electrons. The van der Waals surface area contributed by atoms with Gasteiger partial charge in [0.05, 0.1) is 27.8 Å². The van der Waals surface area contributed by atoms with Crippen molar-refractivity contribution in [2.75, 3.05) is 0 Å². The van der Waals surface area contributed by atoms with Crippen molar-refractivity contribution in [1.29, 1.82) is 0 Å². The second kappa shape index (κ2) is 10.2. The van der Waals surface area contributed by atoms with Gasteiger partial charge in [-0.05, 0) is 110 Å². The number of pyridine rings is 2. The van der Waals surface area contributed by atoms with Gasteiger partial charge >= 0.3 is 0 Å². The summed E-state index contributed by atoms with van der Waals surface area (Å²) in [5.74, 6) is -0.255. The summed E-state index contributed by atoms with van der Waals surface area (Å²) in [6.45, 7) is 1.94. The monoisotopic (exact) mass is 570 g/mol. The van der Waals surface area contributed by atoms with Gasteiger partial charge < -0.3 is 15.5 Å². The second-order valence-electron chi connectivity index (χ2n) is 11.1. The van der Waals surface area contributed by atoms with Crippen LogP contribution in [0, 0.1) is 12.7 Å². The molecule has 1 saturated carbocycles. The molecule has 3 aliphatic rings. The van der Waals surface area contributed by atoms with Gasteiger partial charge in [0.15, 0.2) is 0 Å². The maximum Gasteiger partial charge on any atom is 0.252 e. The highest BCUT2D eigenvalue weighted by atomic mass is 19.1. The van der Waals surface area contributed by atoms with E-state index in [0.717, 1.165) is 51.8 Å². The van der Waals surface area contributed by atoms with Gasteiger partial charge in [-0.2, -0.15) is 0 Å². The molecule has 0 radical (unpaired) electrons. The number of benzene rings is 2. The lowest BCUT2D eigenvalue weighted by Crippen LogP contribution is -2.35. The van der Waals surface area contributed by atoms with Gasteiger partial charge in [-0.15, -0.1) is 0 Å². The molecule has 2 aliphatic carbocycles. The van der Waals surface area contributed by atoms with Crippen LogP contribution in [0.3, 0.4) is 0 Å². The number of rotatable bonds is 7. The van der Waals surface area contributed by atoms with Crippen molar-refractivity contribution < 1.29 is 18.4 Å². The van der Waals surface area contributed by atoms with Crippen molar-refractivity contribution in [2.45, 2.75) is 31.7 Å². The third kappa shape index (κ3) is 4.91. The minimum atomic E-state index is -0.606. The normalized spacial score (nSPS) is 13.7. The third-order valence-electron chi connectivity index (χ3n) is 8.14. The first-order valence-corrected chi connectivity index (χ1v) is 14.1. The Morgan fingerprint density at radius 1 is 0.977 bits per heavy atom. The number of nitrogens with two attached hydrogens (primary N) is 1. The van der Waals surface area contributed by atoms with E-state index in [1.165, 1.54) is 12.1 Å². The van der Waals surface area contributed by atoms with Crippen molar-refractivity contribution in [3.63, 3.8) is 0 Å². The van der Waals surface area contributed by atoms with Crippen LogP contribution in [0.15, 0.2) is 95.5 Å². The molecule has 1 aliphatic heterocycles. The maximum absolute atomic E-state index is 13.5. The molecular formula is C35H27FN4O3. The van der Waals surface area contributed by atoms with E-state index in [4.69, 9.17) is 15.1 Å². The summed E-state index contributed by atoms with van der Waals surface area (Å²) < 4.78 is 19.7. The number of hydrogen-bond donors (Lipinski definition) is 2. The van der Waals surface area contributed by atoms with Crippen LogP contribution < -0.4 is 11.1 Å². The van der Waals surface area contributed by atoms with Crippen LogP contribution in [0.25, 0.3) is 33.7 Å². The molecule has 0 atom stereocenters. The van der Waals surface area contributed by atoms with Gasteiger partial charge in [0.2, 0.25) is 0 Å². The zero-order valence-electron chi connectivity index (χ0n) is 23.4. The van der Waals surface area contributed by atoms with Crippen molar-refractivity contribution in [3.05, 3.63) is 130 Å².